The van der Waals surface area contributed by atoms with Crippen LogP contribution in [-0.4, -0.2) is 26.2 Å². The van der Waals surface area contributed by atoms with Crippen LogP contribution < -0.4 is 10.1 Å². The lowest BCUT2D eigenvalue weighted by Crippen LogP contribution is -2.07. The minimum atomic E-state index is 0.667. The molecule has 2 aromatic carbocycles. The second kappa shape index (κ2) is 9.05. The molecule has 0 saturated heterocycles. The molecule has 0 atom stereocenters. The fourth-order valence-corrected chi connectivity index (χ4v) is 3.76. The van der Waals surface area contributed by atoms with Crippen molar-refractivity contribution in [1.29, 1.82) is 0 Å². The zero-order valence-corrected chi connectivity index (χ0v) is 17.8. The van der Waals surface area contributed by atoms with Crippen molar-refractivity contribution >= 4 is 17.3 Å². The second-order valence-corrected chi connectivity index (χ2v) is 7.37. The third kappa shape index (κ3) is 4.33. The number of rotatable bonds is 8. The molecule has 0 amide bonds. The molecule has 0 aliphatic rings. The van der Waals surface area contributed by atoms with E-state index in [4.69, 9.17) is 16.3 Å². The Morgan fingerprint density at radius 1 is 1.10 bits per heavy atom. The van der Waals surface area contributed by atoms with Crippen molar-refractivity contribution in [2.24, 2.45) is 0 Å². The summed E-state index contributed by atoms with van der Waals surface area (Å²) in [6.07, 6.45) is 10.1. The third-order valence-corrected chi connectivity index (χ3v) is 5.33. The van der Waals surface area contributed by atoms with Gasteiger partial charge in [0.15, 0.2) is 0 Å². The Labute approximate surface area is 181 Å². The predicted octanol–water partition coefficient (Wildman–Crippen LogP) is 4.95. The molecule has 0 saturated carbocycles. The van der Waals surface area contributed by atoms with Crippen molar-refractivity contribution in [3.63, 3.8) is 0 Å². The second-order valence-electron chi connectivity index (χ2n) is 6.96. The maximum atomic E-state index is 6.46. The number of hydrogen-bond acceptors (Lipinski definition) is 4. The molecule has 0 radical (unpaired) electrons. The van der Waals surface area contributed by atoms with E-state index in [1.165, 1.54) is 5.56 Å². The van der Waals surface area contributed by atoms with Gasteiger partial charge in [-0.2, -0.15) is 0 Å². The van der Waals surface area contributed by atoms with Crippen molar-refractivity contribution < 1.29 is 4.74 Å². The lowest BCUT2D eigenvalue weighted by Gasteiger charge is -2.14. The summed E-state index contributed by atoms with van der Waals surface area (Å²) in [5.74, 6) is 1.94. The van der Waals surface area contributed by atoms with E-state index in [9.17, 15) is 0 Å². The standard InChI is InChI=1S/C23H24ClN5O/c1-3-23-26-9-11-28(23)15-18-12-17(4-7-22(18)30-2)14-27-19-5-6-21(20(24)13-19)29-10-8-25-16-29/h4-13,16,27H,3,14-15H2,1-2H3. The van der Waals surface area contributed by atoms with Crippen LogP contribution in [0.2, 0.25) is 5.02 Å². The zero-order valence-electron chi connectivity index (χ0n) is 17.0. The van der Waals surface area contributed by atoms with Crippen molar-refractivity contribution in [3.05, 3.63) is 89.5 Å². The van der Waals surface area contributed by atoms with Crippen molar-refractivity contribution in [2.45, 2.75) is 26.4 Å². The zero-order chi connectivity index (χ0) is 20.9. The molecular formula is C23H24ClN5O. The van der Waals surface area contributed by atoms with Crippen LogP contribution in [-0.2, 0) is 19.5 Å². The number of ether oxygens (including phenoxy) is 1. The first-order valence-corrected chi connectivity index (χ1v) is 10.2. The Balaban J connectivity index is 1.49. The van der Waals surface area contributed by atoms with E-state index in [0.29, 0.717) is 11.6 Å². The molecule has 0 unspecified atom stereocenters. The van der Waals surface area contributed by atoms with E-state index in [1.54, 1.807) is 19.6 Å². The number of nitrogens with one attached hydrogen (secondary N) is 1. The molecule has 0 aliphatic carbocycles. The molecule has 154 valence electrons. The lowest BCUT2D eigenvalue weighted by molar-refractivity contribution is 0.408. The highest BCUT2D eigenvalue weighted by atomic mass is 35.5. The number of halogens is 1. The fraction of sp³-hybridized carbons (Fsp3) is 0.217. The summed E-state index contributed by atoms with van der Waals surface area (Å²) in [7, 11) is 1.70. The third-order valence-electron chi connectivity index (χ3n) is 5.03. The first-order valence-electron chi connectivity index (χ1n) is 9.85. The molecule has 2 heterocycles. The number of methoxy groups -OCH3 is 1. The first-order chi connectivity index (χ1) is 14.7. The molecule has 0 bridgehead atoms. The number of nitrogens with zero attached hydrogens (tertiary/aromatic N) is 4. The van der Waals surface area contributed by atoms with E-state index in [-0.39, 0.29) is 0 Å². The molecule has 2 aromatic heterocycles. The number of aromatic nitrogens is 4. The van der Waals surface area contributed by atoms with Crippen molar-refractivity contribution in [3.8, 4) is 11.4 Å². The molecule has 0 fully saturated rings. The summed E-state index contributed by atoms with van der Waals surface area (Å²) in [4.78, 5) is 8.48. The van der Waals surface area contributed by atoms with Gasteiger partial charge in [0.05, 0.1) is 30.7 Å². The van der Waals surface area contributed by atoms with E-state index >= 15 is 0 Å². The molecule has 30 heavy (non-hydrogen) atoms. The smallest absolute Gasteiger partial charge is 0.123 e. The molecule has 4 aromatic rings. The highest BCUT2D eigenvalue weighted by Crippen LogP contribution is 2.26. The SMILES string of the molecule is CCc1nccn1Cc1cc(CNc2ccc(-n3ccnc3)c(Cl)c2)ccc1OC. The Bertz CT molecular complexity index is 1120. The minimum absolute atomic E-state index is 0.667. The summed E-state index contributed by atoms with van der Waals surface area (Å²) in [6.45, 7) is 3.52. The summed E-state index contributed by atoms with van der Waals surface area (Å²) < 4.78 is 9.62. The maximum Gasteiger partial charge on any atom is 0.123 e. The summed E-state index contributed by atoms with van der Waals surface area (Å²) in [5, 5.41) is 4.12. The van der Waals surface area contributed by atoms with Crippen LogP contribution in [0.4, 0.5) is 5.69 Å². The van der Waals surface area contributed by atoms with Gasteiger partial charge >= 0.3 is 0 Å². The van der Waals surface area contributed by atoms with Crippen LogP contribution in [0.5, 0.6) is 5.75 Å². The molecule has 4 rings (SSSR count). The van der Waals surface area contributed by atoms with E-state index in [0.717, 1.165) is 41.5 Å². The van der Waals surface area contributed by atoms with Gasteiger partial charge in [0.2, 0.25) is 0 Å². The number of aryl methyl sites for hydroxylation is 1. The Morgan fingerprint density at radius 3 is 2.73 bits per heavy atom. The topological polar surface area (TPSA) is 56.9 Å². The van der Waals surface area contributed by atoms with Gasteiger partial charge in [-0.1, -0.05) is 24.6 Å². The number of hydrogen-bond donors (Lipinski definition) is 1. The maximum absolute atomic E-state index is 6.46. The van der Waals surface area contributed by atoms with Crippen LogP contribution in [0.25, 0.3) is 5.69 Å². The molecule has 7 heteroatoms. The highest BCUT2D eigenvalue weighted by molar-refractivity contribution is 6.32. The Hall–Kier alpha value is -3.25. The van der Waals surface area contributed by atoms with E-state index in [1.807, 2.05) is 47.4 Å². The van der Waals surface area contributed by atoms with Crippen LogP contribution in [0.1, 0.15) is 23.9 Å². The Morgan fingerprint density at radius 2 is 2.00 bits per heavy atom. The van der Waals surface area contributed by atoms with Gasteiger partial charge in [-0.15, -0.1) is 0 Å². The predicted molar refractivity (Wildman–Crippen MR) is 120 cm³/mol. The number of anilines is 1. The molecule has 0 aliphatic heterocycles. The fourth-order valence-electron chi connectivity index (χ4n) is 3.48. The van der Waals surface area contributed by atoms with Gasteiger partial charge < -0.3 is 19.2 Å². The van der Waals surface area contributed by atoms with E-state index in [2.05, 4.69) is 38.9 Å². The summed E-state index contributed by atoms with van der Waals surface area (Å²) in [5.41, 5.74) is 4.15. The monoisotopic (exact) mass is 421 g/mol. The number of imidazole rings is 2. The largest absolute Gasteiger partial charge is 0.496 e. The van der Waals surface area contributed by atoms with Gasteiger partial charge in [0, 0.05) is 49.0 Å². The highest BCUT2D eigenvalue weighted by Gasteiger charge is 2.09. The van der Waals surface area contributed by atoms with Gasteiger partial charge in [-0.3, -0.25) is 0 Å². The molecule has 6 nitrogen and oxygen atoms in total. The minimum Gasteiger partial charge on any atom is -0.496 e. The first kappa shape index (κ1) is 20.0. The summed E-state index contributed by atoms with van der Waals surface area (Å²) >= 11 is 6.46. The van der Waals surface area contributed by atoms with Gasteiger partial charge in [0.25, 0.3) is 0 Å². The summed E-state index contributed by atoms with van der Waals surface area (Å²) in [6, 6.07) is 12.2. The molecule has 1 N–H and O–H groups in total. The molecule has 0 spiro atoms. The lowest BCUT2D eigenvalue weighted by atomic mass is 10.1. The van der Waals surface area contributed by atoms with Gasteiger partial charge in [0.1, 0.15) is 11.6 Å². The van der Waals surface area contributed by atoms with Crippen LogP contribution in [0.3, 0.4) is 0 Å². The quantitative estimate of drug-likeness (QED) is 0.437. The van der Waals surface area contributed by atoms with E-state index < -0.39 is 0 Å². The van der Waals surface area contributed by atoms with Crippen LogP contribution in [0, 0.1) is 0 Å². The average molecular weight is 422 g/mol. The van der Waals surface area contributed by atoms with Crippen LogP contribution in [0.15, 0.2) is 67.5 Å². The van der Waals surface area contributed by atoms with Crippen LogP contribution >= 0.6 is 11.6 Å². The average Bonchev–Trinajstić information content (AvgIpc) is 3.44. The van der Waals surface area contributed by atoms with Gasteiger partial charge in [-0.05, 0) is 35.9 Å². The molecular weight excluding hydrogens is 398 g/mol. The van der Waals surface area contributed by atoms with Crippen molar-refractivity contribution in [1.82, 2.24) is 19.1 Å². The van der Waals surface area contributed by atoms with Crippen molar-refractivity contribution in [2.75, 3.05) is 12.4 Å². The normalized spacial score (nSPS) is 10.9. The Kier molecular flexibility index (Phi) is 6.05. The number of benzene rings is 2. The van der Waals surface area contributed by atoms with Gasteiger partial charge in [-0.25, -0.2) is 9.97 Å².